The van der Waals surface area contributed by atoms with Crippen molar-refractivity contribution in [1.29, 1.82) is 0 Å². The Kier molecular flexibility index (Phi) is 6.12. The lowest BCUT2D eigenvalue weighted by molar-refractivity contribution is 0.135. The standard InChI is InChI=1S/C23H30N4O/c28-23(24-18-20-8-2-1-3-9-20)27-16-14-25(15-17-27)19-21-10-4-5-11-22(21)26-12-6-7-13-26/h1-5,8-11H,6-7,12-19H2,(H,24,28). The Balaban J connectivity index is 1.27. The number of amides is 2. The normalized spacial score (nSPS) is 17.7. The van der Waals surface area contributed by atoms with Gasteiger partial charge in [-0.3, -0.25) is 4.90 Å². The van der Waals surface area contributed by atoms with Crippen molar-refractivity contribution in [1.82, 2.24) is 15.1 Å². The zero-order chi connectivity index (χ0) is 19.2. The first kappa shape index (κ1) is 18.8. The largest absolute Gasteiger partial charge is 0.371 e. The van der Waals surface area contributed by atoms with E-state index < -0.39 is 0 Å². The van der Waals surface area contributed by atoms with Crippen LogP contribution in [0.15, 0.2) is 54.6 Å². The molecule has 2 aromatic rings. The van der Waals surface area contributed by atoms with E-state index in [1.165, 1.54) is 37.2 Å². The third-order valence-electron chi connectivity index (χ3n) is 5.78. The highest BCUT2D eigenvalue weighted by atomic mass is 16.2. The molecule has 148 valence electrons. The van der Waals surface area contributed by atoms with Crippen LogP contribution in [0.1, 0.15) is 24.0 Å². The highest BCUT2D eigenvalue weighted by Crippen LogP contribution is 2.25. The van der Waals surface area contributed by atoms with E-state index in [0.717, 1.165) is 38.3 Å². The Morgan fingerprint density at radius 3 is 2.25 bits per heavy atom. The number of carbonyl (C=O) groups is 1. The highest BCUT2D eigenvalue weighted by molar-refractivity contribution is 5.74. The van der Waals surface area contributed by atoms with Crippen molar-refractivity contribution in [3.63, 3.8) is 0 Å². The smallest absolute Gasteiger partial charge is 0.317 e. The number of nitrogens with zero attached hydrogens (tertiary/aromatic N) is 3. The van der Waals surface area contributed by atoms with Crippen LogP contribution in [0.5, 0.6) is 0 Å². The fourth-order valence-electron chi connectivity index (χ4n) is 4.15. The molecule has 2 heterocycles. The molecule has 0 unspecified atom stereocenters. The molecule has 0 saturated carbocycles. The Labute approximate surface area is 167 Å². The minimum Gasteiger partial charge on any atom is -0.371 e. The van der Waals surface area contributed by atoms with E-state index in [4.69, 9.17) is 0 Å². The lowest BCUT2D eigenvalue weighted by Crippen LogP contribution is -2.51. The van der Waals surface area contributed by atoms with Crippen molar-refractivity contribution in [2.45, 2.75) is 25.9 Å². The van der Waals surface area contributed by atoms with Crippen LogP contribution < -0.4 is 10.2 Å². The second kappa shape index (κ2) is 9.11. The number of benzene rings is 2. The van der Waals surface area contributed by atoms with Gasteiger partial charge >= 0.3 is 6.03 Å². The molecule has 0 atom stereocenters. The van der Waals surface area contributed by atoms with Gasteiger partial charge in [0, 0.05) is 58.0 Å². The summed E-state index contributed by atoms with van der Waals surface area (Å²) in [7, 11) is 0. The van der Waals surface area contributed by atoms with Crippen molar-refractivity contribution < 1.29 is 4.79 Å². The quantitative estimate of drug-likeness (QED) is 0.868. The summed E-state index contributed by atoms with van der Waals surface area (Å²) in [6.45, 7) is 7.31. The number of anilines is 1. The summed E-state index contributed by atoms with van der Waals surface area (Å²) in [4.78, 5) is 19.4. The van der Waals surface area contributed by atoms with Gasteiger partial charge in [0.2, 0.25) is 0 Å². The lowest BCUT2D eigenvalue weighted by atomic mass is 10.1. The van der Waals surface area contributed by atoms with Gasteiger partial charge in [-0.1, -0.05) is 48.5 Å². The number of rotatable bonds is 5. The minimum atomic E-state index is 0.0426. The van der Waals surface area contributed by atoms with Crippen LogP contribution in [0.2, 0.25) is 0 Å². The molecule has 0 bridgehead atoms. The Hall–Kier alpha value is -2.53. The van der Waals surface area contributed by atoms with Gasteiger partial charge in [0.15, 0.2) is 0 Å². The number of nitrogens with one attached hydrogen (secondary N) is 1. The van der Waals surface area contributed by atoms with E-state index in [-0.39, 0.29) is 6.03 Å². The van der Waals surface area contributed by atoms with Gasteiger partial charge in [-0.25, -0.2) is 4.79 Å². The molecule has 2 aliphatic heterocycles. The Bertz CT molecular complexity index is 765. The highest BCUT2D eigenvalue weighted by Gasteiger charge is 2.22. The van der Waals surface area contributed by atoms with Crippen LogP contribution in [0.25, 0.3) is 0 Å². The van der Waals surface area contributed by atoms with E-state index in [0.29, 0.717) is 6.54 Å². The van der Waals surface area contributed by atoms with E-state index in [1.807, 2.05) is 35.2 Å². The molecule has 2 amide bonds. The summed E-state index contributed by atoms with van der Waals surface area (Å²) < 4.78 is 0. The van der Waals surface area contributed by atoms with E-state index in [2.05, 4.69) is 39.4 Å². The first-order chi connectivity index (χ1) is 13.8. The molecular weight excluding hydrogens is 348 g/mol. The van der Waals surface area contributed by atoms with Gasteiger partial charge in [0.05, 0.1) is 0 Å². The average molecular weight is 379 g/mol. The summed E-state index contributed by atoms with van der Waals surface area (Å²) in [6.07, 6.45) is 2.59. The zero-order valence-electron chi connectivity index (χ0n) is 16.5. The van der Waals surface area contributed by atoms with Crippen molar-refractivity contribution in [2.24, 2.45) is 0 Å². The zero-order valence-corrected chi connectivity index (χ0v) is 16.5. The summed E-state index contributed by atoms with van der Waals surface area (Å²) in [5, 5.41) is 3.04. The third-order valence-corrected chi connectivity index (χ3v) is 5.78. The summed E-state index contributed by atoms with van der Waals surface area (Å²) in [6, 6.07) is 18.9. The molecule has 1 N–H and O–H groups in total. The predicted octanol–water partition coefficient (Wildman–Crippen LogP) is 3.31. The molecule has 28 heavy (non-hydrogen) atoms. The number of urea groups is 1. The fourth-order valence-corrected chi connectivity index (χ4v) is 4.15. The minimum absolute atomic E-state index is 0.0426. The molecule has 0 aliphatic carbocycles. The Morgan fingerprint density at radius 2 is 1.50 bits per heavy atom. The van der Waals surface area contributed by atoms with E-state index in [9.17, 15) is 4.79 Å². The van der Waals surface area contributed by atoms with Gasteiger partial charge in [-0.05, 0) is 30.0 Å². The van der Waals surface area contributed by atoms with E-state index >= 15 is 0 Å². The first-order valence-electron chi connectivity index (χ1n) is 10.4. The lowest BCUT2D eigenvalue weighted by Gasteiger charge is -2.35. The molecule has 0 radical (unpaired) electrons. The first-order valence-corrected chi connectivity index (χ1v) is 10.4. The molecule has 5 nitrogen and oxygen atoms in total. The number of carbonyl (C=O) groups excluding carboxylic acids is 1. The van der Waals surface area contributed by atoms with Gasteiger partial charge in [-0.15, -0.1) is 0 Å². The van der Waals surface area contributed by atoms with Crippen molar-refractivity contribution in [2.75, 3.05) is 44.2 Å². The Morgan fingerprint density at radius 1 is 0.821 bits per heavy atom. The number of para-hydroxylation sites is 1. The van der Waals surface area contributed by atoms with Crippen molar-refractivity contribution in [3.05, 3.63) is 65.7 Å². The van der Waals surface area contributed by atoms with Crippen LogP contribution in [0, 0.1) is 0 Å². The molecule has 2 aliphatic rings. The fraction of sp³-hybridized carbons (Fsp3) is 0.435. The van der Waals surface area contributed by atoms with Crippen LogP contribution in [-0.4, -0.2) is 55.1 Å². The molecular formula is C23H30N4O. The van der Waals surface area contributed by atoms with Gasteiger partial charge in [0.1, 0.15) is 0 Å². The van der Waals surface area contributed by atoms with Gasteiger partial charge in [0.25, 0.3) is 0 Å². The SMILES string of the molecule is O=C(NCc1ccccc1)N1CCN(Cc2ccccc2N2CCCC2)CC1. The molecule has 0 aromatic heterocycles. The second-order valence-electron chi connectivity index (χ2n) is 7.73. The molecule has 2 aromatic carbocycles. The maximum absolute atomic E-state index is 12.5. The van der Waals surface area contributed by atoms with Crippen LogP contribution in [-0.2, 0) is 13.1 Å². The maximum atomic E-state index is 12.5. The molecule has 5 heteroatoms. The number of hydrogen-bond acceptors (Lipinski definition) is 3. The second-order valence-corrected chi connectivity index (χ2v) is 7.73. The molecule has 2 saturated heterocycles. The van der Waals surface area contributed by atoms with Gasteiger partial charge < -0.3 is 15.1 Å². The van der Waals surface area contributed by atoms with Crippen LogP contribution in [0.3, 0.4) is 0 Å². The summed E-state index contributed by atoms with van der Waals surface area (Å²) in [5.41, 5.74) is 3.93. The molecule has 2 fully saturated rings. The number of piperazine rings is 1. The molecule has 0 spiro atoms. The average Bonchev–Trinajstić information content (AvgIpc) is 3.28. The number of hydrogen-bond donors (Lipinski definition) is 1. The predicted molar refractivity (Wildman–Crippen MR) is 113 cm³/mol. The summed E-state index contributed by atoms with van der Waals surface area (Å²) in [5.74, 6) is 0. The van der Waals surface area contributed by atoms with E-state index in [1.54, 1.807) is 0 Å². The summed E-state index contributed by atoms with van der Waals surface area (Å²) >= 11 is 0. The maximum Gasteiger partial charge on any atom is 0.317 e. The third kappa shape index (κ3) is 4.65. The van der Waals surface area contributed by atoms with Gasteiger partial charge in [-0.2, -0.15) is 0 Å². The van der Waals surface area contributed by atoms with Crippen LogP contribution >= 0.6 is 0 Å². The topological polar surface area (TPSA) is 38.8 Å². The van der Waals surface area contributed by atoms with Crippen molar-refractivity contribution >= 4 is 11.7 Å². The monoisotopic (exact) mass is 378 g/mol. The van der Waals surface area contributed by atoms with Crippen LogP contribution in [0.4, 0.5) is 10.5 Å². The van der Waals surface area contributed by atoms with Crippen molar-refractivity contribution in [3.8, 4) is 0 Å². The molecule has 4 rings (SSSR count).